The molecule has 0 unspecified atom stereocenters. The van der Waals surface area contributed by atoms with Gasteiger partial charge in [-0.25, -0.2) is 9.97 Å². The van der Waals surface area contributed by atoms with Crippen LogP contribution in [0.25, 0.3) is 17.4 Å². The van der Waals surface area contributed by atoms with E-state index >= 15 is 0 Å². The summed E-state index contributed by atoms with van der Waals surface area (Å²) in [6.45, 7) is 1.99. The van der Waals surface area contributed by atoms with E-state index < -0.39 is 5.41 Å². The summed E-state index contributed by atoms with van der Waals surface area (Å²) < 4.78 is 1.78. The summed E-state index contributed by atoms with van der Waals surface area (Å²) in [5, 5.41) is 19.5. The Morgan fingerprint density at radius 2 is 2.18 bits per heavy atom. The van der Waals surface area contributed by atoms with Crippen molar-refractivity contribution < 1.29 is 10.2 Å². The average Bonchev–Trinajstić information content (AvgIpc) is 3.09. The smallest absolute Gasteiger partial charge is 0.223 e. The van der Waals surface area contributed by atoms with Gasteiger partial charge in [0.1, 0.15) is 16.9 Å². The summed E-state index contributed by atoms with van der Waals surface area (Å²) >= 11 is 1.61. The van der Waals surface area contributed by atoms with Crippen LogP contribution in [0.2, 0.25) is 0 Å². The lowest BCUT2D eigenvalue weighted by Gasteiger charge is -2.05. The predicted molar refractivity (Wildman–Crippen MR) is 86.2 cm³/mol. The Bertz CT molecular complexity index is 723. The quantitative estimate of drug-likeness (QED) is 0.540. The van der Waals surface area contributed by atoms with Crippen LogP contribution >= 0.6 is 11.8 Å². The second kappa shape index (κ2) is 5.86. The van der Waals surface area contributed by atoms with Crippen molar-refractivity contribution in [1.29, 1.82) is 0 Å². The van der Waals surface area contributed by atoms with Crippen LogP contribution in [0, 0.1) is 5.41 Å². The number of nitrogen functional groups attached to an aromatic ring is 1. The number of aliphatic hydroxyl groups is 2. The molecule has 0 atom stereocenters. The Morgan fingerprint density at radius 3 is 2.82 bits per heavy atom. The highest BCUT2D eigenvalue weighted by Gasteiger charge is 2.48. The minimum atomic E-state index is -0.491. The first-order valence-corrected chi connectivity index (χ1v) is 8.18. The number of rotatable bonds is 6. The molecule has 1 saturated carbocycles. The Labute approximate surface area is 132 Å². The SMILES string of the molecule is CCCSc1nc(N)nc2c1ncn2/C=C1\CC1(CO)CO. The predicted octanol–water partition coefficient (Wildman–Crippen LogP) is 1.13. The van der Waals surface area contributed by atoms with Crippen LogP contribution in [0.3, 0.4) is 0 Å². The molecular weight excluding hydrogens is 302 g/mol. The van der Waals surface area contributed by atoms with Gasteiger partial charge in [-0.3, -0.25) is 4.57 Å². The monoisotopic (exact) mass is 321 g/mol. The molecule has 118 valence electrons. The molecule has 22 heavy (non-hydrogen) atoms. The van der Waals surface area contributed by atoms with E-state index in [1.54, 1.807) is 22.7 Å². The zero-order chi connectivity index (χ0) is 15.7. The van der Waals surface area contributed by atoms with Gasteiger partial charge in [0.2, 0.25) is 5.95 Å². The van der Waals surface area contributed by atoms with Crippen LogP contribution in [-0.2, 0) is 0 Å². The van der Waals surface area contributed by atoms with Gasteiger partial charge < -0.3 is 15.9 Å². The number of aliphatic hydroxyl groups excluding tert-OH is 2. The van der Waals surface area contributed by atoms with E-state index in [0.29, 0.717) is 12.1 Å². The molecule has 0 saturated heterocycles. The van der Waals surface area contributed by atoms with Gasteiger partial charge in [-0.1, -0.05) is 6.92 Å². The number of hydrogen-bond acceptors (Lipinski definition) is 7. The summed E-state index contributed by atoms with van der Waals surface area (Å²) in [7, 11) is 0. The van der Waals surface area contributed by atoms with E-state index in [1.807, 2.05) is 6.20 Å². The molecule has 2 heterocycles. The number of nitrogens with zero attached hydrogens (tertiary/aromatic N) is 4. The Morgan fingerprint density at radius 1 is 1.41 bits per heavy atom. The number of nitrogens with two attached hydrogens (primary N) is 1. The molecule has 3 rings (SSSR count). The molecular formula is C14H19N5O2S. The minimum absolute atomic E-state index is 0.0588. The third-order valence-electron chi connectivity index (χ3n) is 3.83. The van der Waals surface area contributed by atoms with E-state index in [2.05, 4.69) is 21.9 Å². The lowest BCUT2D eigenvalue weighted by molar-refractivity contribution is 0.143. The Hall–Kier alpha value is -1.64. The van der Waals surface area contributed by atoms with Crippen molar-refractivity contribution in [3.8, 4) is 0 Å². The molecule has 1 fully saturated rings. The fourth-order valence-corrected chi connectivity index (χ4v) is 3.17. The molecule has 0 spiro atoms. The van der Waals surface area contributed by atoms with Gasteiger partial charge in [0, 0.05) is 11.6 Å². The summed E-state index contributed by atoms with van der Waals surface area (Å²) in [5.74, 6) is 1.16. The lowest BCUT2D eigenvalue weighted by Crippen LogP contribution is -2.12. The molecule has 0 amide bonds. The van der Waals surface area contributed by atoms with Gasteiger partial charge in [-0.2, -0.15) is 4.98 Å². The molecule has 2 aromatic heterocycles. The van der Waals surface area contributed by atoms with Crippen molar-refractivity contribution in [2.75, 3.05) is 24.7 Å². The van der Waals surface area contributed by atoms with Crippen LogP contribution < -0.4 is 5.73 Å². The zero-order valence-corrected chi connectivity index (χ0v) is 13.2. The molecule has 0 radical (unpaired) electrons. The van der Waals surface area contributed by atoms with Crippen molar-refractivity contribution in [3.63, 3.8) is 0 Å². The highest BCUT2D eigenvalue weighted by Crippen LogP contribution is 2.51. The van der Waals surface area contributed by atoms with Crippen LogP contribution in [0.1, 0.15) is 19.8 Å². The van der Waals surface area contributed by atoms with Gasteiger partial charge >= 0.3 is 0 Å². The lowest BCUT2D eigenvalue weighted by atomic mass is 10.1. The maximum absolute atomic E-state index is 9.38. The third-order valence-corrected chi connectivity index (χ3v) is 5.01. The molecule has 8 heteroatoms. The number of thioether (sulfide) groups is 1. The van der Waals surface area contributed by atoms with Crippen molar-refractivity contribution in [2.45, 2.75) is 24.8 Å². The van der Waals surface area contributed by atoms with Crippen molar-refractivity contribution in [3.05, 3.63) is 11.9 Å². The summed E-state index contributed by atoms with van der Waals surface area (Å²) in [5.41, 5.74) is 7.67. The molecule has 1 aliphatic rings. The Balaban J connectivity index is 1.99. The van der Waals surface area contributed by atoms with E-state index in [1.165, 1.54) is 0 Å². The summed E-state index contributed by atoms with van der Waals surface area (Å²) in [4.78, 5) is 12.9. The molecule has 0 bridgehead atoms. The highest BCUT2D eigenvalue weighted by atomic mass is 32.2. The van der Waals surface area contributed by atoms with E-state index in [0.717, 1.165) is 28.3 Å². The zero-order valence-electron chi connectivity index (χ0n) is 12.4. The first-order chi connectivity index (χ1) is 10.6. The molecule has 2 aromatic rings. The average molecular weight is 321 g/mol. The van der Waals surface area contributed by atoms with Crippen molar-refractivity contribution >= 4 is 35.1 Å². The highest BCUT2D eigenvalue weighted by molar-refractivity contribution is 7.99. The molecule has 0 aliphatic heterocycles. The first-order valence-electron chi connectivity index (χ1n) is 7.19. The van der Waals surface area contributed by atoms with Crippen molar-refractivity contribution in [1.82, 2.24) is 19.5 Å². The van der Waals surface area contributed by atoms with Gasteiger partial charge in [0.05, 0.1) is 13.2 Å². The maximum atomic E-state index is 9.38. The van der Waals surface area contributed by atoms with E-state index in [9.17, 15) is 10.2 Å². The Kier molecular flexibility index (Phi) is 4.07. The van der Waals surface area contributed by atoms with Crippen LogP contribution in [0.15, 0.2) is 16.9 Å². The largest absolute Gasteiger partial charge is 0.395 e. The molecule has 4 N–H and O–H groups in total. The second-order valence-electron chi connectivity index (χ2n) is 5.49. The molecule has 0 aromatic carbocycles. The number of hydrogen-bond donors (Lipinski definition) is 3. The van der Waals surface area contributed by atoms with Gasteiger partial charge in [-0.15, -0.1) is 11.8 Å². The van der Waals surface area contributed by atoms with Gasteiger partial charge in [-0.05, 0) is 24.2 Å². The topological polar surface area (TPSA) is 110 Å². The fraction of sp³-hybridized carbons (Fsp3) is 0.500. The maximum Gasteiger partial charge on any atom is 0.223 e. The summed E-state index contributed by atoms with van der Waals surface area (Å²) in [6, 6.07) is 0. The van der Waals surface area contributed by atoms with Crippen LogP contribution in [0.4, 0.5) is 5.95 Å². The molecule has 7 nitrogen and oxygen atoms in total. The van der Waals surface area contributed by atoms with Gasteiger partial charge in [0.25, 0.3) is 0 Å². The first kappa shape index (κ1) is 15.3. The van der Waals surface area contributed by atoms with Gasteiger partial charge in [0.15, 0.2) is 5.65 Å². The third kappa shape index (κ3) is 2.57. The molecule has 1 aliphatic carbocycles. The minimum Gasteiger partial charge on any atom is -0.395 e. The van der Waals surface area contributed by atoms with Crippen LogP contribution in [-0.4, -0.2) is 48.7 Å². The number of imidazole rings is 1. The van der Waals surface area contributed by atoms with Crippen LogP contribution in [0.5, 0.6) is 0 Å². The van der Waals surface area contributed by atoms with E-state index in [-0.39, 0.29) is 19.2 Å². The van der Waals surface area contributed by atoms with Crippen molar-refractivity contribution in [2.24, 2.45) is 5.41 Å². The second-order valence-corrected chi connectivity index (χ2v) is 6.57. The number of fused-ring (bicyclic) bond motifs is 1. The number of aromatic nitrogens is 4. The van der Waals surface area contributed by atoms with E-state index in [4.69, 9.17) is 5.73 Å². The fourth-order valence-electron chi connectivity index (χ4n) is 2.34. The number of anilines is 1. The standard InChI is InChI=1S/C14H19N5O2S/c1-2-3-22-12-10-11(17-13(15)18-12)19(8-16-10)5-9-4-14(9,6-20)7-21/h5,8,20-21H,2-4,6-7H2,1H3,(H2,15,17,18)/b9-5+. The normalized spacial score (nSPS) is 18.2. The summed E-state index contributed by atoms with van der Waals surface area (Å²) in [6.07, 6.45) is 5.25.